The molecule has 0 bridgehead atoms. The summed E-state index contributed by atoms with van der Waals surface area (Å²) in [6.07, 6.45) is 2.41. The van der Waals surface area contributed by atoms with E-state index in [9.17, 15) is 5.11 Å². The van der Waals surface area contributed by atoms with Crippen LogP contribution in [-0.2, 0) is 5.60 Å². The zero-order chi connectivity index (χ0) is 8.32. The van der Waals surface area contributed by atoms with Crippen molar-refractivity contribution in [3.63, 3.8) is 0 Å². The van der Waals surface area contributed by atoms with E-state index in [1.807, 2.05) is 19.1 Å². The fourth-order valence-corrected chi connectivity index (χ4v) is 1.06. The van der Waals surface area contributed by atoms with Crippen molar-refractivity contribution < 1.29 is 5.11 Å². The summed E-state index contributed by atoms with van der Waals surface area (Å²) in [7, 11) is 0. The maximum absolute atomic E-state index is 9.83. The van der Waals surface area contributed by atoms with Gasteiger partial charge in [-0.3, -0.25) is 0 Å². The molecule has 11 heavy (non-hydrogen) atoms. The topological polar surface area (TPSA) is 62.0 Å². The minimum Gasteiger partial charge on any atom is -0.382 e. The van der Waals surface area contributed by atoms with Gasteiger partial charge in [-0.25, -0.2) is 0 Å². The highest BCUT2D eigenvalue weighted by molar-refractivity contribution is 5.13. The Morgan fingerprint density at radius 2 is 2.45 bits per heavy atom. The minimum atomic E-state index is -0.872. The van der Waals surface area contributed by atoms with Crippen molar-refractivity contribution in [2.45, 2.75) is 18.9 Å². The van der Waals surface area contributed by atoms with Crippen LogP contribution in [0, 0.1) is 0 Å². The summed E-state index contributed by atoms with van der Waals surface area (Å²) in [5.41, 5.74) is 5.36. The summed E-state index contributed by atoms with van der Waals surface area (Å²) < 4.78 is 0. The van der Waals surface area contributed by atoms with Gasteiger partial charge in [-0.05, 0) is 18.6 Å². The van der Waals surface area contributed by atoms with Crippen molar-refractivity contribution in [1.29, 1.82) is 0 Å². The highest BCUT2D eigenvalue weighted by Crippen LogP contribution is 2.20. The second-order valence-electron chi connectivity index (χ2n) is 2.67. The van der Waals surface area contributed by atoms with Crippen molar-refractivity contribution in [2.24, 2.45) is 5.73 Å². The molecule has 1 unspecified atom stereocenters. The van der Waals surface area contributed by atoms with E-state index in [0.717, 1.165) is 5.69 Å². The van der Waals surface area contributed by atoms with Gasteiger partial charge in [-0.1, -0.05) is 6.92 Å². The molecule has 0 fully saturated rings. The van der Waals surface area contributed by atoms with E-state index >= 15 is 0 Å². The Hall–Kier alpha value is -0.800. The van der Waals surface area contributed by atoms with Crippen LogP contribution in [0.1, 0.15) is 19.0 Å². The van der Waals surface area contributed by atoms with Gasteiger partial charge in [0.2, 0.25) is 0 Å². The second-order valence-corrected chi connectivity index (χ2v) is 2.67. The molecular formula is C8H14N2O. The van der Waals surface area contributed by atoms with Gasteiger partial charge in [0.05, 0.1) is 0 Å². The molecule has 0 saturated heterocycles. The highest BCUT2D eigenvalue weighted by atomic mass is 16.3. The third-order valence-corrected chi connectivity index (χ3v) is 2.02. The lowest BCUT2D eigenvalue weighted by molar-refractivity contribution is 0.0379. The smallest absolute Gasteiger partial charge is 0.116 e. The first-order valence-corrected chi connectivity index (χ1v) is 3.79. The Morgan fingerprint density at radius 3 is 2.82 bits per heavy atom. The van der Waals surface area contributed by atoms with E-state index < -0.39 is 5.60 Å². The average Bonchev–Trinajstić information content (AvgIpc) is 2.55. The molecule has 0 aromatic carbocycles. The van der Waals surface area contributed by atoms with Crippen molar-refractivity contribution in [1.82, 2.24) is 4.98 Å². The number of aliphatic hydroxyl groups is 1. The molecule has 3 heteroatoms. The predicted octanol–water partition coefficient (Wildman–Crippen LogP) is 0.571. The number of nitrogens with two attached hydrogens (primary N) is 1. The van der Waals surface area contributed by atoms with Crippen molar-refractivity contribution in [3.05, 3.63) is 24.0 Å². The molecular weight excluding hydrogens is 140 g/mol. The van der Waals surface area contributed by atoms with E-state index in [2.05, 4.69) is 4.98 Å². The first kappa shape index (κ1) is 8.30. The van der Waals surface area contributed by atoms with Gasteiger partial charge < -0.3 is 15.8 Å². The molecule has 0 aliphatic heterocycles. The lowest BCUT2D eigenvalue weighted by Crippen LogP contribution is -2.34. The maximum atomic E-state index is 9.83. The maximum Gasteiger partial charge on any atom is 0.116 e. The molecule has 1 aromatic heterocycles. The molecule has 0 radical (unpaired) electrons. The fraction of sp³-hybridized carbons (Fsp3) is 0.500. The Balaban J connectivity index is 2.87. The molecule has 0 saturated carbocycles. The van der Waals surface area contributed by atoms with Crippen LogP contribution in [0.25, 0.3) is 0 Å². The molecule has 3 nitrogen and oxygen atoms in total. The van der Waals surface area contributed by atoms with Crippen molar-refractivity contribution in [2.75, 3.05) is 6.54 Å². The largest absolute Gasteiger partial charge is 0.382 e. The third kappa shape index (κ3) is 1.44. The first-order valence-electron chi connectivity index (χ1n) is 3.79. The molecule has 1 aromatic rings. The van der Waals surface area contributed by atoms with E-state index in [1.165, 1.54) is 0 Å². The lowest BCUT2D eigenvalue weighted by atomic mass is 9.97. The van der Waals surface area contributed by atoms with Crippen LogP contribution >= 0.6 is 0 Å². The van der Waals surface area contributed by atoms with Crippen LogP contribution < -0.4 is 5.73 Å². The van der Waals surface area contributed by atoms with E-state index in [4.69, 9.17) is 5.73 Å². The molecule has 1 heterocycles. The van der Waals surface area contributed by atoms with Gasteiger partial charge in [0.15, 0.2) is 0 Å². The molecule has 0 aliphatic carbocycles. The molecule has 4 N–H and O–H groups in total. The number of H-pyrrole nitrogens is 1. The monoisotopic (exact) mass is 154 g/mol. The third-order valence-electron chi connectivity index (χ3n) is 2.02. The summed E-state index contributed by atoms with van der Waals surface area (Å²) >= 11 is 0. The summed E-state index contributed by atoms with van der Waals surface area (Å²) in [5, 5.41) is 9.83. The standard InChI is InChI=1S/C8H14N2O/c1-2-8(11,6-9)7-4-3-5-10-7/h3-5,10-11H,2,6,9H2,1H3. The quantitative estimate of drug-likeness (QED) is 0.596. The van der Waals surface area contributed by atoms with E-state index in [1.54, 1.807) is 6.20 Å². The molecule has 0 amide bonds. The number of hydrogen-bond donors (Lipinski definition) is 3. The van der Waals surface area contributed by atoms with Crippen LogP contribution in [0.5, 0.6) is 0 Å². The van der Waals surface area contributed by atoms with Crippen LogP contribution in [0.15, 0.2) is 18.3 Å². The van der Waals surface area contributed by atoms with Crippen LogP contribution in [0.2, 0.25) is 0 Å². The first-order chi connectivity index (χ1) is 5.23. The summed E-state index contributed by atoms with van der Waals surface area (Å²) in [4.78, 5) is 2.95. The molecule has 0 spiro atoms. The number of nitrogens with one attached hydrogen (secondary N) is 1. The van der Waals surface area contributed by atoms with Gasteiger partial charge in [0.25, 0.3) is 0 Å². The second kappa shape index (κ2) is 3.07. The average molecular weight is 154 g/mol. The fourth-order valence-electron chi connectivity index (χ4n) is 1.06. The number of hydrogen-bond acceptors (Lipinski definition) is 2. The molecule has 1 rings (SSSR count). The SMILES string of the molecule is CCC(O)(CN)c1ccc[nH]1. The Labute approximate surface area is 66.2 Å². The number of aromatic nitrogens is 1. The Morgan fingerprint density at radius 1 is 1.73 bits per heavy atom. The van der Waals surface area contributed by atoms with Gasteiger partial charge in [-0.2, -0.15) is 0 Å². The van der Waals surface area contributed by atoms with Crippen LogP contribution in [-0.4, -0.2) is 16.6 Å². The number of aromatic amines is 1. The predicted molar refractivity (Wildman–Crippen MR) is 44.0 cm³/mol. The summed E-state index contributed by atoms with van der Waals surface area (Å²) in [6, 6.07) is 3.70. The van der Waals surface area contributed by atoms with Gasteiger partial charge in [-0.15, -0.1) is 0 Å². The summed E-state index contributed by atoms with van der Waals surface area (Å²) in [5.74, 6) is 0. The van der Waals surface area contributed by atoms with Gasteiger partial charge in [0.1, 0.15) is 5.60 Å². The zero-order valence-corrected chi connectivity index (χ0v) is 6.67. The summed E-state index contributed by atoms with van der Waals surface area (Å²) in [6.45, 7) is 2.16. The zero-order valence-electron chi connectivity index (χ0n) is 6.67. The van der Waals surface area contributed by atoms with Crippen LogP contribution in [0.4, 0.5) is 0 Å². The van der Waals surface area contributed by atoms with E-state index in [-0.39, 0.29) is 6.54 Å². The molecule has 62 valence electrons. The Bertz CT molecular complexity index is 202. The van der Waals surface area contributed by atoms with Gasteiger partial charge in [0, 0.05) is 18.4 Å². The van der Waals surface area contributed by atoms with Crippen LogP contribution in [0.3, 0.4) is 0 Å². The molecule has 0 aliphatic rings. The highest BCUT2D eigenvalue weighted by Gasteiger charge is 2.25. The van der Waals surface area contributed by atoms with Gasteiger partial charge >= 0.3 is 0 Å². The normalized spacial score (nSPS) is 16.3. The number of rotatable bonds is 3. The Kier molecular flexibility index (Phi) is 2.31. The minimum absolute atomic E-state index is 0.254. The molecule has 1 atom stereocenters. The van der Waals surface area contributed by atoms with Crippen molar-refractivity contribution >= 4 is 0 Å². The van der Waals surface area contributed by atoms with Crippen molar-refractivity contribution in [3.8, 4) is 0 Å². The van der Waals surface area contributed by atoms with E-state index in [0.29, 0.717) is 6.42 Å². The lowest BCUT2D eigenvalue weighted by Gasteiger charge is -2.23.